The highest BCUT2D eigenvalue weighted by molar-refractivity contribution is 5.72. The number of rotatable bonds is 3. The maximum Gasteiger partial charge on any atom is 0.321 e. The predicted octanol–water partition coefficient (Wildman–Crippen LogP) is -0.788. The summed E-state index contributed by atoms with van der Waals surface area (Å²) in [7, 11) is 2.07. The first kappa shape index (κ1) is 10.4. The highest BCUT2D eigenvalue weighted by atomic mass is 16.4. The van der Waals surface area contributed by atoms with Gasteiger partial charge in [0, 0.05) is 26.2 Å². The van der Waals surface area contributed by atoms with Gasteiger partial charge in [-0.2, -0.15) is 0 Å². The third kappa shape index (κ3) is 3.30. The highest BCUT2D eigenvalue weighted by Gasteiger charge is 2.18. The fourth-order valence-electron chi connectivity index (χ4n) is 1.26. The molecule has 1 aliphatic rings. The first-order chi connectivity index (χ1) is 6.09. The molecule has 1 atom stereocenters. The Hall–Kier alpha value is -0.650. The summed E-state index contributed by atoms with van der Waals surface area (Å²) in [5.74, 6) is -0.807. The summed E-state index contributed by atoms with van der Waals surface area (Å²) in [6.45, 7) is 5.39. The van der Waals surface area contributed by atoms with Crippen molar-refractivity contribution in [2.45, 2.75) is 13.0 Å². The van der Waals surface area contributed by atoms with Crippen LogP contribution in [-0.4, -0.2) is 60.3 Å². The minimum absolute atomic E-state index is 0.497. The highest BCUT2D eigenvalue weighted by Crippen LogP contribution is 1.96. The molecule has 0 aliphatic carbocycles. The number of nitrogens with zero attached hydrogens (tertiary/aromatic N) is 2. The van der Waals surface area contributed by atoms with E-state index in [0.29, 0.717) is 0 Å². The Labute approximate surface area is 78.3 Å². The van der Waals surface area contributed by atoms with Gasteiger partial charge in [0.05, 0.1) is 0 Å². The molecule has 0 saturated carbocycles. The number of hydrogen-bond donors (Lipinski definition) is 2. The summed E-state index contributed by atoms with van der Waals surface area (Å²) in [5.41, 5.74) is 2.95. The molecule has 1 unspecified atom stereocenters. The van der Waals surface area contributed by atoms with Gasteiger partial charge in [-0.3, -0.25) is 4.79 Å². The van der Waals surface area contributed by atoms with Crippen molar-refractivity contribution in [2.75, 3.05) is 33.2 Å². The van der Waals surface area contributed by atoms with Gasteiger partial charge in [0.25, 0.3) is 0 Å². The molecule has 13 heavy (non-hydrogen) atoms. The summed E-state index contributed by atoms with van der Waals surface area (Å²) < 4.78 is 0. The van der Waals surface area contributed by atoms with E-state index in [1.165, 1.54) is 0 Å². The molecule has 2 N–H and O–H groups in total. The molecule has 0 radical (unpaired) electrons. The van der Waals surface area contributed by atoms with Crippen molar-refractivity contribution in [1.82, 2.24) is 15.3 Å². The van der Waals surface area contributed by atoms with Crippen LogP contribution >= 0.6 is 0 Å². The Bertz CT molecular complexity index is 178. The molecular formula is C8H17N3O2. The van der Waals surface area contributed by atoms with Gasteiger partial charge in [-0.15, -0.1) is 0 Å². The average Bonchev–Trinajstić information content (AvgIpc) is 2.08. The maximum atomic E-state index is 10.5. The van der Waals surface area contributed by atoms with Crippen LogP contribution in [0.2, 0.25) is 0 Å². The number of nitrogens with one attached hydrogen (secondary N) is 1. The fraction of sp³-hybridized carbons (Fsp3) is 0.875. The molecule has 5 heteroatoms. The number of carboxylic acids is 1. The summed E-state index contributed by atoms with van der Waals surface area (Å²) in [6.07, 6.45) is 0. The Balaban J connectivity index is 2.26. The molecule has 1 rings (SSSR count). The first-order valence-electron chi connectivity index (χ1n) is 4.52. The van der Waals surface area contributed by atoms with Crippen molar-refractivity contribution in [3.05, 3.63) is 0 Å². The van der Waals surface area contributed by atoms with Crippen LogP contribution in [0.3, 0.4) is 0 Å². The van der Waals surface area contributed by atoms with Gasteiger partial charge >= 0.3 is 5.97 Å². The number of likely N-dealkylation sites (N-methyl/N-ethyl adjacent to an activating group) is 1. The van der Waals surface area contributed by atoms with E-state index < -0.39 is 12.0 Å². The van der Waals surface area contributed by atoms with Gasteiger partial charge in [-0.05, 0) is 14.0 Å². The van der Waals surface area contributed by atoms with Crippen molar-refractivity contribution >= 4 is 5.97 Å². The second-order valence-corrected chi connectivity index (χ2v) is 3.48. The van der Waals surface area contributed by atoms with E-state index in [2.05, 4.69) is 17.4 Å². The summed E-state index contributed by atoms with van der Waals surface area (Å²) in [4.78, 5) is 12.8. The lowest BCUT2D eigenvalue weighted by Crippen LogP contribution is -2.54. The van der Waals surface area contributed by atoms with E-state index in [0.717, 1.165) is 26.2 Å². The smallest absolute Gasteiger partial charge is 0.321 e. The maximum absolute atomic E-state index is 10.5. The molecule has 5 nitrogen and oxygen atoms in total. The number of carboxylic acid groups (broad SMARTS) is 1. The molecule has 1 aliphatic heterocycles. The monoisotopic (exact) mass is 187 g/mol. The van der Waals surface area contributed by atoms with Crippen LogP contribution in [0.15, 0.2) is 0 Å². The van der Waals surface area contributed by atoms with Crippen LogP contribution < -0.4 is 5.43 Å². The second-order valence-electron chi connectivity index (χ2n) is 3.48. The van der Waals surface area contributed by atoms with Crippen molar-refractivity contribution < 1.29 is 9.90 Å². The van der Waals surface area contributed by atoms with Crippen molar-refractivity contribution in [1.29, 1.82) is 0 Å². The lowest BCUT2D eigenvalue weighted by Gasteiger charge is -2.33. The fourth-order valence-corrected chi connectivity index (χ4v) is 1.26. The Kier molecular flexibility index (Phi) is 3.65. The summed E-state index contributed by atoms with van der Waals surface area (Å²) in [5, 5.41) is 10.6. The normalized spacial score (nSPS) is 22.9. The van der Waals surface area contributed by atoms with E-state index in [9.17, 15) is 4.79 Å². The minimum atomic E-state index is -0.807. The van der Waals surface area contributed by atoms with Crippen molar-refractivity contribution in [3.8, 4) is 0 Å². The van der Waals surface area contributed by atoms with Gasteiger partial charge in [-0.1, -0.05) is 0 Å². The van der Waals surface area contributed by atoms with E-state index in [4.69, 9.17) is 5.11 Å². The third-order valence-corrected chi connectivity index (χ3v) is 2.25. The van der Waals surface area contributed by atoms with Crippen molar-refractivity contribution in [3.63, 3.8) is 0 Å². The Morgan fingerprint density at radius 3 is 2.38 bits per heavy atom. The third-order valence-electron chi connectivity index (χ3n) is 2.25. The number of hydrogen-bond acceptors (Lipinski definition) is 4. The second kappa shape index (κ2) is 4.55. The number of aliphatic carboxylic acids is 1. The lowest BCUT2D eigenvalue weighted by atomic mass is 10.3. The molecule has 1 heterocycles. The van der Waals surface area contributed by atoms with Gasteiger partial charge < -0.3 is 10.0 Å². The van der Waals surface area contributed by atoms with Crippen LogP contribution in [0, 0.1) is 0 Å². The van der Waals surface area contributed by atoms with E-state index in [1.54, 1.807) is 6.92 Å². The van der Waals surface area contributed by atoms with Crippen LogP contribution in [0.25, 0.3) is 0 Å². The van der Waals surface area contributed by atoms with Gasteiger partial charge in [-0.25, -0.2) is 10.4 Å². The van der Waals surface area contributed by atoms with E-state index >= 15 is 0 Å². The van der Waals surface area contributed by atoms with E-state index in [-0.39, 0.29) is 0 Å². The standard InChI is InChI=1S/C8H17N3O2/c1-7(8(12)13)9-11-5-3-10(2)4-6-11/h7,9H,3-6H2,1-2H3,(H,12,13). The molecule has 76 valence electrons. The summed E-state index contributed by atoms with van der Waals surface area (Å²) >= 11 is 0. The first-order valence-corrected chi connectivity index (χ1v) is 4.52. The predicted molar refractivity (Wildman–Crippen MR) is 49.3 cm³/mol. The zero-order valence-electron chi connectivity index (χ0n) is 8.16. The van der Waals surface area contributed by atoms with Gasteiger partial charge in [0.2, 0.25) is 0 Å². The Morgan fingerprint density at radius 1 is 1.38 bits per heavy atom. The van der Waals surface area contributed by atoms with Crippen molar-refractivity contribution in [2.24, 2.45) is 0 Å². The van der Waals surface area contributed by atoms with Crippen LogP contribution in [-0.2, 0) is 4.79 Å². The quantitative estimate of drug-likeness (QED) is 0.606. The topological polar surface area (TPSA) is 55.8 Å². The molecule has 0 bridgehead atoms. The molecule has 0 spiro atoms. The Morgan fingerprint density at radius 2 is 1.92 bits per heavy atom. The average molecular weight is 187 g/mol. The zero-order chi connectivity index (χ0) is 9.84. The SMILES string of the molecule is CC(NN1CCN(C)CC1)C(=O)O. The number of piperazine rings is 1. The zero-order valence-corrected chi connectivity index (χ0v) is 8.16. The van der Waals surface area contributed by atoms with Gasteiger partial charge in [0.1, 0.15) is 6.04 Å². The minimum Gasteiger partial charge on any atom is -0.480 e. The molecule has 0 aromatic carbocycles. The molecule has 1 saturated heterocycles. The number of hydrazine groups is 1. The molecule has 1 fully saturated rings. The molecular weight excluding hydrogens is 170 g/mol. The van der Waals surface area contributed by atoms with Crippen LogP contribution in [0.1, 0.15) is 6.92 Å². The van der Waals surface area contributed by atoms with Crippen LogP contribution in [0.4, 0.5) is 0 Å². The largest absolute Gasteiger partial charge is 0.480 e. The van der Waals surface area contributed by atoms with E-state index in [1.807, 2.05) is 5.01 Å². The van der Waals surface area contributed by atoms with Crippen LogP contribution in [0.5, 0.6) is 0 Å². The number of carbonyl (C=O) groups is 1. The molecule has 0 aromatic rings. The summed E-state index contributed by atoms with van der Waals surface area (Å²) in [6, 6.07) is -0.497. The lowest BCUT2D eigenvalue weighted by molar-refractivity contribution is -0.140. The molecule has 0 amide bonds. The molecule has 0 aromatic heterocycles. The van der Waals surface area contributed by atoms with Gasteiger partial charge in [0.15, 0.2) is 0 Å².